The third kappa shape index (κ3) is 3.98. The van der Waals surface area contributed by atoms with Crippen LogP contribution in [0.5, 0.6) is 17.2 Å². The van der Waals surface area contributed by atoms with E-state index in [1.54, 1.807) is 12.1 Å². The molecular formula is C22H22ClNO5. The Morgan fingerprint density at radius 3 is 2.69 bits per heavy atom. The molecule has 0 saturated heterocycles. The van der Waals surface area contributed by atoms with Gasteiger partial charge < -0.3 is 23.9 Å². The van der Waals surface area contributed by atoms with E-state index < -0.39 is 0 Å². The first-order valence-electron chi connectivity index (χ1n) is 9.47. The quantitative estimate of drug-likeness (QED) is 0.613. The topological polar surface area (TPSA) is 69.9 Å². The van der Waals surface area contributed by atoms with Crippen LogP contribution in [0.3, 0.4) is 0 Å². The number of hydrogen-bond acceptors (Lipinski definition) is 5. The molecule has 2 aromatic carbocycles. The van der Waals surface area contributed by atoms with Gasteiger partial charge in [0.05, 0.1) is 24.9 Å². The monoisotopic (exact) mass is 415 g/mol. The number of ether oxygens (including phenoxy) is 3. The smallest absolute Gasteiger partial charge is 0.262 e. The molecule has 0 radical (unpaired) electrons. The van der Waals surface area contributed by atoms with Gasteiger partial charge in [0.15, 0.2) is 6.61 Å². The van der Waals surface area contributed by atoms with E-state index in [-0.39, 0.29) is 12.5 Å². The minimum absolute atomic E-state index is 0.139. The molecule has 1 N–H and O–H groups in total. The third-order valence-corrected chi connectivity index (χ3v) is 5.34. The lowest BCUT2D eigenvalue weighted by Gasteiger charge is -2.13. The number of furan rings is 1. The second kappa shape index (κ2) is 8.25. The number of fused-ring (bicyclic) bond motifs is 3. The van der Waals surface area contributed by atoms with Gasteiger partial charge >= 0.3 is 0 Å². The van der Waals surface area contributed by atoms with E-state index in [1.807, 2.05) is 18.2 Å². The fraction of sp³-hybridized carbons (Fsp3) is 0.318. The first kappa shape index (κ1) is 19.5. The van der Waals surface area contributed by atoms with Gasteiger partial charge in [-0.3, -0.25) is 4.79 Å². The zero-order chi connectivity index (χ0) is 20.4. The number of benzene rings is 2. The summed E-state index contributed by atoms with van der Waals surface area (Å²) in [7, 11) is 3.01. The molecule has 1 heterocycles. The lowest BCUT2D eigenvalue weighted by molar-refractivity contribution is -0.118. The van der Waals surface area contributed by atoms with E-state index in [0.717, 1.165) is 36.0 Å². The van der Waals surface area contributed by atoms with Gasteiger partial charge in [-0.05, 0) is 37.5 Å². The normalized spacial score (nSPS) is 13.1. The van der Waals surface area contributed by atoms with Crippen molar-refractivity contribution < 1.29 is 23.4 Å². The average Bonchev–Trinajstić information content (AvgIpc) is 3.11. The summed E-state index contributed by atoms with van der Waals surface area (Å²) in [6.07, 6.45) is 4.33. The second-order valence-electron chi connectivity index (χ2n) is 6.89. The van der Waals surface area contributed by atoms with Gasteiger partial charge in [0.1, 0.15) is 28.6 Å². The molecule has 4 rings (SSSR count). The lowest BCUT2D eigenvalue weighted by Crippen LogP contribution is -2.20. The van der Waals surface area contributed by atoms with Gasteiger partial charge in [-0.15, -0.1) is 0 Å². The molecule has 7 heteroatoms. The summed E-state index contributed by atoms with van der Waals surface area (Å²) in [6.45, 7) is -0.139. The number of aryl methyl sites for hydroxylation is 2. The molecule has 0 unspecified atom stereocenters. The lowest BCUT2D eigenvalue weighted by atomic mass is 9.96. The van der Waals surface area contributed by atoms with E-state index in [9.17, 15) is 4.79 Å². The number of carbonyl (C=O) groups is 1. The molecule has 0 saturated carbocycles. The van der Waals surface area contributed by atoms with Crippen LogP contribution in [0.4, 0.5) is 5.69 Å². The highest BCUT2D eigenvalue weighted by Crippen LogP contribution is 2.36. The largest absolute Gasteiger partial charge is 0.495 e. The molecular weight excluding hydrogens is 394 g/mol. The Hall–Kier alpha value is -2.86. The summed E-state index contributed by atoms with van der Waals surface area (Å²) >= 11 is 6.10. The maximum atomic E-state index is 12.4. The predicted molar refractivity (Wildman–Crippen MR) is 112 cm³/mol. The van der Waals surface area contributed by atoms with Crippen molar-refractivity contribution in [1.82, 2.24) is 0 Å². The van der Waals surface area contributed by atoms with E-state index in [4.69, 9.17) is 30.2 Å². The molecule has 3 aromatic rings. The van der Waals surface area contributed by atoms with Gasteiger partial charge in [-0.25, -0.2) is 0 Å². The van der Waals surface area contributed by atoms with Gasteiger partial charge in [-0.1, -0.05) is 11.6 Å². The maximum Gasteiger partial charge on any atom is 0.262 e. The minimum Gasteiger partial charge on any atom is -0.495 e. The number of rotatable bonds is 6. The van der Waals surface area contributed by atoms with Gasteiger partial charge in [0, 0.05) is 29.5 Å². The van der Waals surface area contributed by atoms with Crippen molar-refractivity contribution in [2.45, 2.75) is 25.7 Å². The van der Waals surface area contributed by atoms with Gasteiger partial charge in [0.25, 0.3) is 5.91 Å². The zero-order valence-corrected chi connectivity index (χ0v) is 17.1. The van der Waals surface area contributed by atoms with Crippen molar-refractivity contribution in [3.63, 3.8) is 0 Å². The molecule has 1 aliphatic rings. The van der Waals surface area contributed by atoms with E-state index in [0.29, 0.717) is 28.0 Å². The van der Waals surface area contributed by atoms with Crippen LogP contribution < -0.4 is 19.5 Å². The molecule has 0 spiro atoms. The number of halogens is 1. The third-order valence-electron chi connectivity index (χ3n) is 5.04. The van der Waals surface area contributed by atoms with Crippen molar-refractivity contribution in [2.75, 3.05) is 26.1 Å². The highest BCUT2D eigenvalue weighted by molar-refractivity contribution is 6.32. The van der Waals surface area contributed by atoms with Crippen molar-refractivity contribution in [3.05, 3.63) is 46.7 Å². The highest BCUT2D eigenvalue weighted by atomic mass is 35.5. The van der Waals surface area contributed by atoms with Crippen LogP contribution in [0.25, 0.3) is 11.0 Å². The molecule has 0 fully saturated rings. The Morgan fingerprint density at radius 2 is 1.90 bits per heavy atom. The number of methoxy groups -OCH3 is 2. The van der Waals surface area contributed by atoms with E-state index in [2.05, 4.69) is 5.32 Å². The van der Waals surface area contributed by atoms with E-state index >= 15 is 0 Å². The first-order chi connectivity index (χ1) is 14.1. The van der Waals surface area contributed by atoms with Crippen LogP contribution in [0, 0.1) is 0 Å². The number of anilines is 1. The van der Waals surface area contributed by atoms with Crippen LogP contribution in [0.1, 0.15) is 24.2 Å². The molecule has 152 valence electrons. The standard InChI is InChI=1S/C22H22ClNO5/c1-26-20-11-17(21(27-2)10-16(20)23)24-22(25)12-28-13-7-8-19-15(9-13)14-5-3-4-6-18(14)29-19/h7-11H,3-6,12H2,1-2H3,(H,24,25). The zero-order valence-electron chi connectivity index (χ0n) is 16.3. The molecule has 0 aliphatic heterocycles. The van der Waals surface area contributed by atoms with Gasteiger partial charge in [-0.2, -0.15) is 0 Å². The molecule has 6 nitrogen and oxygen atoms in total. The van der Waals surface area contributed by atoms with Crippen molar-refractivity contribution in [1.29, 1.82) is 0 Å². The predicted octanol–water partition coefficient (Wildman–Crippen LogP) is 5.00. The molecule has 0 atom stereocenters. The van der Waals surface area contributed by atoms with Crippen molar-refractivity contribution >= 4 is 34.2 Å². The minimum atomic E-state index is -0.318. The molecule has 1 aliphatic carbocycles. The number of hydrogen-bond donors (Lipinski definition) is 1. The van der Waals surface area contributed by atoms with Crippen LogP contribution in [-0.4, -0.2) is 26.7 Å². The molecule has 1 amide bonds. The van der Waals surface area contributed by atoms with Crippen molar-refractivity contribution in [3.8, 4) is 17.2 Å². The number of carbonyl (C=O) groups excluding carboxylic acids is 1. The van der Waals surface area contributed by atoms with Crippen LogP contribution >= 0.6 is 11.6 Å². The average molecular weight is 416 g/mol. The van der Waals surface area contributed by atoms with E-state index in [1.165, 1.54) is 26.2 Å². The summed E-state index contributed by atoms with van der Waals surface area (Å²) in [4.78, 5) is 12.4. The number of nitrogens with one attached hydrogen (secondary N) is 1. The summed E-state index contributed by atoms with van der Waals surface area (Å²) in [5, 5.41) is 4.24. The first-order valence-corrected chi connectivity index (χ1v) is 9.85. The van der Waals surface area contributed by atoms with Crippen LogP contribution in [0.2, 0.25) is 5.02 Å². The van der Waals surface area contributed by atoms with Crippen molar-refractivity contribution in [2.24, 2.45) is 0 Å². The fourth-order valence-corrected chi connectivity index (χ4v) is 3.86. The Kier molecular flexibility index (Phi) is 5.53. The maximum absolute atomic E-state index is 12.4. The molecule has 1 aromatic heterocycles. The summed E-state index contributed by atoms with van der Waals surface area (Å²) < 4.78 is 22.1. The van der Waals surface area contributed by atoms with Crippen LogP contribution in [-0.2, 0) is 17.6 Å². The Balaban J connectivity index is 1.46. The Labute approximate surface area is 173 Å². The Bertz CT molecular complexity index is 1060. The highest BCUT2D eigenvalue weighted by Gasteiger charge is 2.18. The Morgan fingerprint density at radius 1 is 1.10 bits per heavy atom. The summed E-state index contributed by atoms with van der Waals surface area (Å²) in [6, 6.07) is 8.86. The summed E-state index contributed by atoms with van der Waals surface area (Å²) in [5.74, 6) is 2.27. The fourth-order valence-electron chi connectivity index (χ4n) is 3.62. The number of amides is 1. The van der Waals surface area contributed by atoms with Crippen LogP contribution in [0.15, 0.2) is 34.7 Å². The summed E-state index contributed by atoms with van der Waals surface area (Å²) in [5.41, 5.74) is 2.59. The second-order valence-corrected chi connectivity index (χ2v) is 7.30. The molecule has 0 bridgehead atoms. The molecule has 29 heavy (non-hydrogen) atoms. The SMILES string of the molecule is COc1cc(NC(=O)COc2ccc3oc4c(c3c2)CCCC4)c(OC)cc1Cl. The van der Waals surface area contributed by atoms with Gasteiger partial charge in [0.2, 0.25) is 0 Å².